The molecule has 1 saturated heterocycles. The fraction of sp³-hybridized carbons (Fsp3) is 0.278. The van der Waals surface area contributed by atoms with Crippen molar-refractivity contribution in [1.82, 2.24) is 14.7 Å². The van der Waals surface area contributed by atoms with Crippen LogP contribution in [0.1, 0.15) is 35.2 Å². The SMILES string of the molecule is O=C(N/N=C\c1cccnc1)c1cccc(S(=O)(=O)N2CCCCC2)c1. The van der Waals surface area contributed by atoms with E-state index >= 15 is 0 Å². The number of aromatic nitrogens is 1. The zero-order chi connectivity index (χ0) is 18.4. The third kappa shape index (κ3) is 4.33. The average molecular weight is 372 g/mol. The van der Waals surface area contributed by atoms with E-state index < -0.39 is 15.9 Å². The first-order chi connectivity index (χ1) is 12.6. The number of hydrogen-bond donors (Lipinski definition) is 1. The number of piperidine rings is 1. The molecular formula is C18H20N4O3S. The van der Waals surface area contributed by atoms with Crippen molar-refractivity contribution >= 4 is 22.1 Å². The van der Waals surface area contributed by atoms with Gasteiger partial charge in [0.2, 0.25) is 10.0 Å². The van der Waals surface area contributed by atoms with Gasteiger partial charge >= 0.3 is 0 Å². The van der Waals surface area contributed by atoms with Gasteiger partial charge in [0.15, 0.2) is 0 Å². The number of pyridine rings is 1. The van der Waals surface area contributed by atoms with E-state index in [1.165, 1.54) is 22.7 Å². The van der Waals surface area contributed by atoms with Crippen LogP contribution in [0.4, 0.5) is 0 Å². The van der Waals surface area contributed by atoms with E-state index in [1.807, 2.05) is 0 Å². The third-order valence-electron chi connectivity index (χ3n) is 4.11. The third-order valence-corrected chi connectivity index (χ3v) is 6.01. The second-order valence-electron chi connectivity index (χ2n) is 5.98. The Balaban J connectivity index is 1.72. The number of amides is 1. The molecule has 0 unspecified atom stereocenters. The van der Waals surface area contributed by atoms with Crippen LogP contribution in [-0.4, -0.2) is 42.9 Å². The molecule has 1 aliphatic heterocycles. The first-order valence-corrected chi connectivity index (χ1v) is 9.85. The summed E-state index contributed by atoms with van der Waals surface area (Å²) in [5.74, 6) is -0.471. The van der Waals surface area contributed by atoms with Gasteiger partial charge in [0.25, 0.3) is 5.91 Å². The minimum atomic E-state index is -3.57. The molecule has 2 aromatic rings. The normalized spacial score (nSPS) is 15.8. The highest BCUT2D eigenvalue weighted by Crippen LogP contribution is 2.21. The van der Waals surface area contributed by atoms with Crippen molar-refractivity contribution in [1.29, 1.82) is 0 Å². The summed E-state index contributed by atoms with van der Waals surface area (Å²) in [4.78, 5) is 16.3. The number of hydrazone groups is 1. The molecule has 0 aliphatic carbocycles. The first kappa shape index (κ1) is 18.2. The Morgan fingerprint density at radius 1 is 1.15 bits per heavy atom. The maximum Gasteiger partial charge on any atom is 0.271 e. The minimum Gasteiger partial charge on any atom is -0.267 e. The summed E-state index contributed by atoms with van der Waals surface area (Å²) in [5.41, 5.74) is 3.39. The summed E-state index contributed by atoms with van der Waals surface area (Å²) in [7, 11) is -3.57. The van der Waals surface area contributed by atoms with E-state index in [9.17, 15) is 13.2 Å². The molecule has 3 rings (SSSR count). The van der Waals surface area contributed by atoms with Crippen molar-refractivity contribution in [2.75, 3.05) is 13.1 Å². The lowest BCUT2D eigenvalue weighted by atomic mass is 10.2. The molecule has 1 N–H and O–H groups in total. The fourth-order valence-corrected chi connectivity index (χ4v) is 4.30. The second kappa shape index (κ2) is 8.20. The van der Waals surface area contributed by atoms with Crippen LogP contribution in [-0.2, 0) is 10.0 Å². The van der Waals surface area contributed by atoms with E-state index in [1.54, 1.807) is 36.7 Å². The molecule has 0 saturated carbocycles. The smallest absolute Gasteiger partial charge is 0.267 e. The van der Waals surface area contributed by atoms with E-state index in [-0.39, 0.29) is 10.5 Å². The number of sulfonamides is 1. The van der Waals surface area contributed by atoms with Gasteiger partial charge in [-0.05, 0) is 37.1 Å². The van der Waals surface area contributed by atoms with Gasteiger partial charge < -0.3 is 0 Å². The van der Waals surface area contributed by atoms with Gasteiger partial charge in [-0.25, -0.2) is 13.8 Å². The van der Waals surface area contributed by atoms with Crippen molar-refractivity contribution in [3.63, 3.8) is 0 Å². The highest BCUT2D eigenvalue weighted by atomic mass is 32.2. The Bertz CT molecular complexity index is 892. The van der Waals surface area contributed by atoms with Gasteiger partial charge in [0.05, 0.1) is 11.1 Å². The summed E-state index contributed by atoms with van der Waals surface area (Å²) in [5, 5.41) is 3.88. The first-order valence-electron chi connectivity index (χ1n) is 8.41. The van der Waals surface area contributed by atoms with E-state index in [0.717, 1.165) is 24.8 Å². The Labute approximate surface area is 152 Å². The highest BCUT2D eigenvalue weighted by molar-refractivity contribution is 7.89. The monoisotopic (exact) mass is 372 g/mol. The number of carbonyl (C=O) groups excluding carboxylic acids is 1. The number of benzene rings is 1. The van der Waals surface area contributed by atoms with Gasteiger partial charge in [-0.15, -0.1) is 0 Å². The molecule has 0 atom stereocenters. The molecule has 26 heavy (non-hydrogen) atoms. The van der Waals surface area contributed by atoms with Crippen molar-refractivity contribution in [2.24, 2.45) is 5.10 Å². The van der Waals surface area contributed by atoms with Crippen LogP contribution < -0.4 is 5.43 Å². The van der Waals surface area contributed by atoms with Gasteiger partial charge in [0, 0.05) is 36.6 Å². The molecule has 1 amide bonds. The predicted octanol–water partition coefficient (Wildman–Crippen LogP) is 2.02. The van der Waals surface area contributed by atoms with Crippen LogP contribution in [0.3, 0.4) is 0 Å². The quantitative estimate of drug-likeness (QED) is 0.642. The van der Waals surface area contributed by atoms with E-state index in [0.29, 0.717) is 13.1 Å². The van der Waals surface area contributed by atoms with Crippen LogP contribution in [0.2, 0.25) is 0 Å². The molecule has 1 aromatic heterocycles. The van der Waals surface area contributed by atoms with Crippen molar-refractivity contribution in [2.45, 2.75) is 24.2 Å². The summed E-state index contributed by atoms with van der Waals surface area (Å²) < 4.78 is 26.9. The fourth-order valence-electron chi connectivity index (χ4n) is 2.73. The lowest BCUT2D eigenvalue weighted by molar-refractivity contribution is 0.0955. The zero-order valence-electron chi connectivity index (χ0n) is 14.2. The molecule has 0 spiro atoms. The molecule has 7 nitrogen and oxygen atoms in total. The molecular weight excluding hydrogens is 352 g/mol. The molecule has 1 aliphatic rings. The number of carbonyl (C=O) groups is 1. The number of nitrogens with zero attached hydrogens (tertiary/aromatic N) is 3. The van der Waals surface area contributed by atoms with Crippen LogP contribution in [0.25, 0.3) is 0 Å². The van der Waals surface area contributed by atoms with Gasteiger partial charge in [-0.1, -0.05) is 18.6 Å². The Hall–Kier alpha value is -2.58. The van der Waals surface area contributed by atoms with Crippen LogP contribution >= 0.6 is 0 Å². The summed E-state index contributed by atoms with van der Waals surface area (Å²) in [6.07, 6.45) is 7.50. The average Bonchev–Trinajstić information content (AvgIpc) is 2.69. The summed E-state index contributed by atoms with van der Waals surface area (Å²) >= 11 is 0. The number of hydrogen-bond acceptors (Lipinski definition) is 5. The highest BCUT2D eigenvalue weighted by Gasteiger charge is 2.26. The Morgan fingerprint density at radius 2 is 1.96 bits per heavy atom. The van der Waals surface area contributed by atoms with E-state index in [4.69, 9.17) is 0 Å². The molecule has 1 aromatic carbocycles. The van der Waals surface area contributed by atoms with E-state index in [2.05, 4.69) is 15.5 Å². The van der Waals surface area contributed by atoms with Crippen LogP contribution in [0, 0.1) is 0 Å². The maximum absolute atomic E-state index is 12.7. The molecule has 0 bridgehead atoms. The topological polar surface area (TPSA) is 91.7 Å². The summed E-state index contributed by atoms with van der Waals surface area (Å²) in [6.45, 7) is 1.04. The van der Waals surface area contributed by atoms with Crippen molar-refractivity contribution in [3.05, 3.63) is 59.9 Å². The molecule has 1 fully saturated rings. The number of rotatable bonds is 5. The van der Waals surface area contributed by atoms with Gasteiger partial charge in [0.1, 0.15) is 0 Å². The molecule has 136 valence electrons. The van der Waals surface area contributed by atoms with Gasteiger partial charge in [-0.2, -0.15) is 9.41 Å². The Morgan fingerprint density at radius 3 is 2.69 bits per heavy atom. The standard InChI is InChI=1S/C18H20N4O3S/c23-18(21-20-14-15-6-5-9-19-13-15)16-7-4-8-17(12-16)26(24,25)22-10-2-1-3-11-22/h4-9,12-14H,1-3,10-11H2,(H,21,23)/b20-14-. The maximum atomic E-state index is 12.7. The predicted molar refractivity (Wildman–Crippen MR) is 98.3 cm³/mol. The largest absolute Gasteiger partial charge is 0.271 e. The van der Waals surface area contributed by atoms with Gasteiger partial charge in [-0.3, -0.25) is 9.78 Å². The Kier molecular flexibility index (Phi) is 5.75. The zero-order valence-corrected chi connectivity index (χ0v) is 15.0. The summed E-state index contributed by atoms with van der Waals surface area (Å²) in [6, 6.07) is 9.59. The molecule has 2 heterocycles. The van der Waals surface area contributed by atoms with Crippen molar-refractivity contribution < 1.29 is 13.2 Å². The lowest BCUT2D eigenvalue weighted by Gasteiger charge is -2.25. The van der Waals surface area contributed by atoms with Crippen LogP contribution in [0.5, 0.6) is 0 Å². The number of nitrogens with one attached hydrogen (secondary N) is 1. The van der Waals surface area contributed by atoms with Crippen LogP contribution in [0.15, 0.2) is 58.8 Å². The lowest BCUT2D eigenvalue weighted by Crippen LogP contribution is -2.35. The second-order valence-corrected chi connectivity index (χ2v) is 7.92. The molecule has 0 radical (unpaired) electrons. The molecule has 8 heteroatoms. The minimum absolute atomic E-state index is 0.128. The van der Waals surface area contributed by atoms with Crippen molar-refractivity contribution in [3.8, 4) is 0 Å².